The molecule has 0 fully saturated rings. The second kappa shape index (κ2) is 2.45. The molecule has 3 heteroatoms. The van der Waals surface area contributed by atoms with Gasteiger partial charge in [0.2, 0.25) is 0 Å². The van der Waals surface area contributed by atoms with Gasteiger partial charge in [-0.05, 0) is 13.8 Å². The largest absolute Gasteiger partial charge is 0.388 e. The second-order valence-corrected chi connectivity index (χ2v) is 3.22. The van der Waals surface area contributed by atoms with E-state index in [1.54, 1.807) is 13.1 Å². The van der Waals surface area contributed by atoms with Crippen LogP contribution in [0.5, 0.6) is 0 Å². The van der Waals surface area contributed by atoms with Crippen molar-refractivity contribution in [3.63, 3.8) is 0 Å². The SMILES string of the molecule is Cc1ncc([C@H](C)O)s1. The smallest absolute Gasteiger partial charge is 0.0897 e. The van der Waals surface area contributed by atoms with Crippen molar-refractivity contribution in [2.24, 2.45) is 0 Å². The predicted octanol–water partition coefficient (Wildman–Crippen LogP) is 1.50. The van der Waals surface area contributed by atoms with Crippen LogP contribution in [0.3, 0.4) is 0 Å². The highest BCUT2D eigenvalue weighted by Gasteiger charge is 2.02. The normalized spacial score (nSPS) is 13.7. The summed E-state index contributed by atoms with van der Waals surface area (Å²) in [6.45, 7) is 3.67. The zero-order valence-electron chi connectivity index (χ0n) is 5.46. The molecule has 0 aliphatic heterocycles. The average Bonchev–Trinajstić information content (AvgIpc) is 2.14. The molecule has 1 atom stereocenters. The van der Waals surface area contributed by atoms with E-state index in [0.29, 0.717) is 0 Å². The fourth-order valence-corrected chi connectivity index (χ4v) is 1.29. The lowest BCUT2D eigenvalue weighted by atomic mass is 10.4. The molecule has 1 heterocycles. The maximum atomic E-state index is 9.01. The van der Waals surface area contributed by atoms with Crippen LogP contribution in [0.1, 0.15) is 22.9 Å². The molecular weight excluding hydrogens is 134 g/mol. The van der Waals surface area contributed by atoms with E-state index in [4.69, 9.17) is 5.11 Å². The lowest BCUT2D eigenvalue weighted by Crippen LogP contribution is -1.83. The maximum Gasteiger partial charge on any atom is 0.0897 e. The van der Waals surface area contributed by atoms with Crippen LogP contribution in [0.15, 0.2) is 6.20 Å². The summed E-state index contributed by atoms with van der Waals surface area (Å²) in [5.74, 6) is 0. The fourth-order valence-electron chi connectivity index (χ4n) is 0.571. The Morgan fingerprint density at radius 3 is 2.67 bits per heavy atom. The standard InChI is InChI=1S/C6H9NOS/c1-4(8)6-3-7-5(2)9-6/h3-4,8H,1-2H3/t4-/m0/s1. The molecule has 1 rings (SSSR count). The number of aryl methyl sites for hydroxylation is 1. The zero-order chi connectivity index (χ0) is 6.85. The molecule has 0 radical (unpaired) electrons. The minimum atomic E-state index is -0.365. The summed E-state index contributed by atoms with van der Waals surface area (Å²) in [7, 11) is 0. The number of thiazole rings is 1. The molecule has 2 nitrogen and oxygen atoms in total. The van der Waals surface area contributed by atoms with E-state index in [0.717, 1.165) is 9.88 Å². The van der Waals surface area contributed by atoms with Crippen LogP contribution in [0.25, 0.3) is 0 Å². The number of hydrogen-bond donors (Lipinski definition) is 1. The van der Waals surface area contributed by atoms with Gasteiger partial charge >= 0.3 is 0 Å². The first kappa shape index (κ1) is 6.71. The van der Waals surface area contributed by atoms with Crippen molar-refractivity contribution < 1.29 is 5.11 Å². The van der Waals surface area contributed by atoms with Gasteiger partial charge in [0.25, 0.3) is 0 Å². The van der Waals surface area contributed by atoms with Crippen LogP contribution in [0.2, 0.25) is 0 Å². The quantitative estimate of drug-likeness (QED) is 0.646. The number of aliphatic hydroxyl groups is 1. The summed E-state index contributed by atoms with van der Waals surface area (Å²) in [4.78, 5) is 4.93. The molecule has 1 N–H and O–H groups in total. The summed E-state index contributed by atoms with van der Waals surface area (Å²) < 4.78 is 0. The lowest BCUT2D eigenvalue weighted by Gasteiger charge is -1.94. The Labute approximate surface area is 58.2 Å². The van der Waals surface area contributed by atoms with Crippen LogP contribution >= 0.6 is 11.3 Å². The number of aromatic nitrogens is 1. The van der Waals surface area contributed by atoms with Crippen molar-refractivity contribution in [3.05, 3.63) is 16.1 Å². The summed E-state index contributed by atoms with van der Waals surface area (Å²) in [6, 6.07) is 0. The molecule has 9 heavy (non-hydrogen) atoms. The number of aliphatic hydroxyl groups excluding tert-OH is 1. The van der Waals surface area contributed by atoms with Gasteiger partial charge in [0.1, 0.15) is 0 Å². The van der Waals surface area contributed by atoms with Crippen LogP contribution in [-0.2, 0) is 0 Å². The topological polar surface area (TPSA) is 33.1 Å². The Hall–Kier alpha value is -0.410. The molecule has 50 valence electrons. The van der Waals surface area contributed by atoms with Crippen molar-refractivity contribution in [3.8, 4) is 0 Å². The summed E-state index contributed by atoms with van der Waals surface area (Å²) in [6.07, 6.45) is 1.35. The molecule has 0 spiro atoms. The molecule has 0 aromatic carbocycles. The van der Waals surface area contributed by atoms with E-state index in [9.17, 15) is 0 Å². The number of rotatable bonds is 1. The van der Waals surface area contributed by atoms with Gasteiger partial charge in [-0.1, -0.05) is 0 Å². The monoisotopic (exact) mass is 143 g/mol. The third kappa shape index (κ3) is 1.50. The molecule has 0 amide bonds. The third-order valence-electron chi connectivity index (χ3n) is 1.05. The molecule has 1 aromatic rings. The van der Waals surface area contributed by atoms with Crippen LogP contribution < -0.4 is 0 Å². The Balaban J connectivity index is 2.85. The molecule has 0 saturated heterocycles. The summed E-state index contributed by atoms with van der Waals surface area (Å²) in [5, 5.41) is 10.0. The van der Waals surface area contributed by atoms with Crippen molar-refractivity contribution >= 4 is 11.3 Å². The predicted molar refractivity (Wildman–Crippen MR) is 37.5 cm³/mol. The Kier molecular flexibility index (Phi) is 1.83. The van der Waals surface area contributed by atoms with E-state index in [-0.39, 0.29) is 6.10 Å². The van der Waals surface area contributed by atoms with Crippen molar-refractivity contribution in [2.45, 2.75) is 20.0 Å². The fraction of sp³-hybridized carbons (Fsp3) is 0.500. The van der Waals surface area contributed by atoms with Crippen LogP contribution in [0.4, 0.5) is 0 Å². The van der Waals surface area contributed by atoms with E-state index in [1.807, 2.05) is 6.92 Å². The first-order valence-electron chi connectivity index (χ1n) is 2.80. The second-order valence-electron chi connectivity index (χ2n) is 1.96. The van der Waals surface area contributed by atoms with Gasteiger partial charge in [-0.3, -0.25) is 0 Å². The van der Waals surface area contributed by atoms with Crippen molar-refractivity contribution in [2.75, 3.05) is 0 Å². The maximum absolute atomic E-state index is 9.01. The summed E-state index contributed by atoms with van der Waals surface area (Å²) >= 11 is 1.53. The van der Waals surface area contributed by atoms with Crippen LogP contribution in [-0.4, -0.2) is 10.1 Å². The minimum absolute atomic E-state index is 0.365. The first-order chi connectivity index (χ1) is 4.20. The molecule has 0 aliphatic rings. The lowest BCUT2D eigenvalue weighted by molar-refractivity contribution is 0.203. The highest BCUT2D eigenvalue weighted by Crippen LogP contribution is 2.18. The highest BCUT2D eigenvalue weighted by atomic mass is 32.1. The molecular formula is C6H9NOS. The minimum Gasteiger partial charge on any atom is -0.388 e. The van der Waals surface area contributed by atoms with Gasteiger partial charge in [-0.2, -0.15) is 0 Å². The van der Waals surface area contributed by atoms with Crippen molar-refractivity contribution in [1.29, 1.82) is 0 Å². The van der Waals surface area contributed by atoms with Crippen molar-refractivity contribution in [1.82, 2.24) is 4.98 Å². The first-order valence-corrected chi connectivity index (χ1v) is 3.62. The van der Waals surface area contributed by atoms with Gasteiger partial charge < -0.3 is 5.11 Å². The van der Waals surface area contributed by atoms with Gasteiger partial charge in [0.15, 0.2) is 0 Å². The number of hydrogen-bond acceptors (Lipinski definition) is 3. The van der Waals surface area contributed by atoms with Gasteiger partial charge in [0, 0.05) is 6.20 Å². The average molecular weight is 143 g/mol. The van der Waals surface area contributed by atoms with E-state index >= 15 is 0 Å². The third-order valence-corrected chi connectivity index (χ3v) is 2.13. The Morgan fingerprint density at radius 1 is 1.78 bits per heavy atom. The van der Waals surface area contributed by atoms with Crippen LogP contribution in [0, 0.1) is 6.92 Å². The highest BCUT2D eigenvalue weighted by molar-refractivity contribution is 7.11. The molecule has 0 bridgehead atoms. The van der Waals surface area contributed by atoms with Gasteiger partial charge in [-0.15, -0.1) is 11.3 Å². The number of nitrogens with zero attached hydrogens (tertiary/aromatic N) is 1. The Morgan fingerprint density at radius 2 is 2.44 bits per heavy atom. The molecule has 0 saturated carbocycles. The Bertz CT molecular complexity index is 195. The molecule has 0 unspecified atom stereocenters. The summed E-state index contributed by atoms with van der Waals surface area (Å²) in [5.41, 5.74) is 0. The van der Waals surface area contributed by atoms with E-state index in [1.165, 1.54) is 11.3 Å². The van der Waals surface area contributed by atoms with Gasteiger partial charge in [-0.25, -0.2) is 4.98 Å². The van der Waals surface area contributed by atoms with E-state index in [2.05, 4.69) is 4.98 Å². The zero-order valence-corrected chi connectivity index (χ0v) is 6.27. The van der Waals surface area contributed by atoms with E-state index < -0.39 is 0 Å². The van der Waals surface area contributed by atoms with Gasteiger partial charge in [0.05, 0.1) is 16.0 Å². The molecule has 1 aromatic heterocycles. The molecule has 0 aliphatic carbocycles.